The molecular formula is C16H12BrN5O3S. The van der Waals surface area contributed by atoms with Crippen molar-refractivity contribution in [2.24, 2.45) is 7.05 Å². The van der Waals surface area contributed by atoms with Gasteiger partial charge in [0.2, 0.25) is 0 Å². The molecule has 0 aliphatic rings. The highest BCUT2D eigenvalue weighted by molar-refractivity contribution is 9.11. The minimum atomic E-state index is -0.513. The van der Waals surface area contributed by atoms with Crippen molar-refractivity contribution in [3.8, 4) is 10.8 Å². The van der Waals surface area contributed by atoms with Gasteiger partial charge in [-0.25, -0.2) is 9.78 Å². The lowest BCUT2D eigenvalue weighted by Crippen LogP contribution is -2.06. The summed E-state index contributed by atoms with van der Waals surface area (Å²) in [7, 11) is 1.81. The van der Waals surface area contributed by atoms with Crippen molar-refractivity contribution < 1.29 is 13.9 Å². The lowest BCUT2D eigenvalue weighted by molar-refractivity contribution is 0.0438. The first kappa shape index (κ1) is 16.9. The van der Waals surface area contributed by atoms with Gasteiger partial charge in [-0.05, 0) is 41.1 Å². The minimum absolute atomic E-state index is 0.109. The second-order valence-corrected chi connectivity index (χ2v) is 7.95. The van der Waals surface area contributed by atoms with Gasteiger partial charge in [0.05, 0.1) is 19.9 Å². The number of carbonyl (C=O) groups is 1. The van der Waals surface area contributed by atoms with Crippen molar-refractivity contribution in [2.75, 3.05) is 0 Å². The number of fused-ring (bicyclic) bond motifs is 1. The van der Waals surface area contributed by atoms with Crippen molar-refractivity contribution >= 4 is 44.3 Å². The van der Waals surface area contributed by atoms with Crippen LogP contribution in [0.25, 0.3) is 21.8 Å². The number of nitrogens with zero attached hydrogens (tertiary/aromatic N) is 5. The molecule has 0 aliphatic carbocycles. The number of pyridine rings is 1. The lowest BCUT2D eigenvalue weighted by atomic mass is 10.2. The van der Waals surface area contributed by atoms with E-state index in [0.29, 0.717) is 17.1 Å². The molecule has 0 spiro atoms. The van der Waals surface area contributed by atoms with Crippen LogP contribution >= 0.6 is 27.3 Å². The molecule has 132 valence electrons. The number of rotatable bonds is 4. The van der Waals surface area contributed by atoms with Crippen molar-refractivity contribution in [2.45, 2.75) is 13.5 Å². The third-order valence-electron chi connectivity index (χ3n) is 3.68. The monoisotopic (exact) mass is 433 g/mol. The molecule has 0 amide bonds. The van der Waals surface area contributed by atoms with E-state index in [0.717, 1.165) is 19.7 Å². The molecule has 4 aromatic rings. The normalized spacial score (nSPS) is 11.2. The maximum atomic E-state index is 12.3. The highest BCUT2D eigenvalue weighted by Crippen LogP contribution is 2.30. The van der Waals surface area contributed by atoms with Gasteiger partial charge in [-0.2, -0.15) is 5.10 Å². The van der Waals surface area contributed by atoms with Crippen LogP contribution in [-0.2, 0) is 18.4 Å². The first-order valence-electron chi connectivity index (χ1n) is 7.56. The van der Waals surface area contributed by atoms with E-state index in [1.807, 2.05) is 19.1 Å². The summed E-state index contributed by atoms with van der Waals surface area (Å²) in [5.74, 6) is 0.103. The van der Waals surface area contributed by atoms with Crippen LogP contribution in [0.15, 0.2) is 32.6 Å². The Labute approximate surface area is 159 Å². The van der Waals surface area contributed by atoms with E-state index in [2.05, 4.69) is 36.2 Å². The van der Waals surface area contributed by atoms with Gasteiger partial charge in [-0.3, -0.25) is 4.68 Å². The number of halogens is 1. The fraction of sp³-hybridized carbons (Fsp3) is 0.188. The Morgan fingerprint density at radius 1 is 1.38 bits per heavy atom. The highest BCUT2D eigenvalue weighted by atomic mass is 79.9. The maximum absolute atomic E-state index is 12.3. The number of hydrogen-bond donors (Lipinski definition) is 0. The molecule has 0 saturated heterocycles. The largest absolute Gasteiger partial charge is 0.452 e. The number of esters is 1. The van der Waals surface area contributed by atoms with Crippen LogP contribution < -0.4 is 0 Å². The van der Waals surface area contributed by atoms with Crippen LogP contribution in [0.4, 0.5) is 0 Å². The number of thiophene rings is 1. The Balaban J connectivity index is 1.47. The molecule has 26 heavy (non-hydrogen) atoms. The molecule has 0 bridgehead atoms. The Morgan fingerprint density at radius 2 is 2.23 bits per heavy atom. The summed E-state index contributed by atoms with van der Waals surface area (Å²) < 4.78 is 13.4. The van der Waals surface area contributed by atoms with Crippen LogP contribution in [0.2, 0.25) is 0 Å². The van der Waals surface area contributed by atoms with E-state index >= 15 is 0 Å². The summed E-state index contributed by atoms with van der Waals surface area (Å²) in [4.78, 5) is 17.4. The Kier molecular flexibility index (Phi) is 4.29. The summed E-state index contributed by atoms with van der Waals surface area (Å²) in [6.45, 7) is 1.75. The Hall–Kier alpha value is -2.59. The van der Waals surface area contributed by atoms with Crippen LogP contribution in [-0.4, -0.2) is 30.9 Å². The van der Waals surface area contributed by atoms with Crippen LogP contribution in [0.3, 0.4) is 0 Å². The first-order chi connectivity index (χ1) is 12.5. The maximum Gasteiger partial charge on any atom is 0.340 e. The van der Waals surface area contributed by atoms with Gasteiger partial charge >= 0.3 is 5.97 Å². The number of aryl methyl sites for hydroxylation is 2. The van der Waals surface area contributed by atoms with Crippen molar-refractivity contribution in [1.29, 1.82) is 0 Å². The van der Waals surface area contributed by atoms with Crippen molar-refractivity contribution in [1.82, 2.24) is 25.0 Å². The number of carbonyl (C=O) groups excluding carboxylic acids is 1. The molecule has 4 rings (SSSR count). The zero-order valence-corrected chi connectivity index (χ0v) is 16.2. The van der Waals surface area contributed by atoms with E-state index in [4.69, 9.17) is 9.15 Å². The number of ether oxygens (including phenoxy) is 1. The third kappa shape index (κ3) is 3.13. The predicted molar refractivity (Wildman–Crippen MR) is 97.7 cm³/mol. The molecule has 0 atom stereocenters. The summed E-state index contributed by atoms with van der Waals surface area (Å²) in [5, 5.41) is 13.0. The highest BCUT2D eigenvalue weighted by Gasteiger charge is 2.15. The SMILES string of the molecule is Cc1nn(C)c2ncc(C(=O)OCc3nnc(-c4ccc(Br)s4)o3)cc12. The Bertz CT molecular complexity index is 1120. The average Bonchev–Trinajstić information content (AvgIpc) is 3.33. The second-order valence-electron chi connectivity index (χ2n) is 5.49. The van der Waals surface area contributed by atoms with Crippen LogP contribution in [0.1, 0.15) is 21.9 Å². The van der Waals surface area contributed by atoms with Gasteiger partial charge in [-0.1, -0.05) is 0 Å². The van der Waals surface area contributed by atoms with E-state index in [1.54, 1.807) is 17.8 Å². The molecule has 0 aliphatic heterocycles. The average molecular weight is 434 g/mol. The number of hydrogen-bond acceptors (Lipinski definition) is 8. The molecule has 10 heteroatoms. The summed E-state index contributed by atoms with van der Waals surface area (Å²) in [6, 6.07) is 5.48. The summed E-state index contributed by atoms with van der Waals surface area (Å²) in [5.41, 5.74) is 1.85. The van der Waals surface area contributed by atoms with Crippen molar-refractivity contribution in [3.05, 3.63) is 45.3 Å². The van der Waals surface area contributed by atoms with Gasteiger partial charge in [0, 0.05) is 18.6 Å². The molecule has 0 aromatic carbocycles. The van der Waals surface area contributed by atoms with Gasteiger partial charge in [-0.15, -0.1) is 21.5 Å². The van der Waals surface area contributed by atoms with Crippen molar-refractivity contribution in [3.63, 3.8) is 0 Å². The molecule has 4 heterocycles. The second kappa shape index (κ2) is 6.61. The minimum Gasteiger partial charge on any atom is -0.452 e. The quantitative estimate of drug-likeness (QED) is 0.454. The molecule has 0 fully saturated rings. The summed E-state index contributed by atoms with van der Waals surface area (Å²) in [6.07, 6.45) is 1.47. The lowest BCUT2D eigenvalue weighted by Gasteiger charge is -2.02. The van der Waals surface area contributed by atoms with Crippen LogP contribution in [0, 0.1) is 6.92 Å². The standard InChI is InChI=1S/C16H12BrN5O3S/c1-8-10-5-9(6-18-14(10)22(2)21-8)16(23)24-7-13-19-20-15(25-13)11-3-4-12(17)26-11/h3-6H,7H2,1-2H3. The third-order valence-corrected chi connectivity index (χ3v) is 5.29. The summed E-state index contributed by atoms with van der Waals surface area (Å²) >= 11 is 4.86. The van der Waals surface area contributed by atoms with Gasteiger partial charge in [0.1, 0.15) is 0 Å². The predicted octanol–water partition coefficient (Wildman–Crippen LogP) is 3.51. The Morgan fingerprint density at radius 3 is 3.00 bits per heavy atom. The fourth-order valence-electron chi connectivity index (χ4n) is 2.47. The van der Waals surface area contributed by atoms with Gasteiger partial charge in [0.15, 0.2) is 12.3 Å². The van der Waals surface area contributed by atoms with Crippen LogP contribution in [0.5, 0.6) is 0 Å². The molecule has 0 radical (unpaired) electrons. The van der Waals surface area contributed by atoms with Gasteiger partial charge < -0.3 is 9.15 Å². The molecule has 4 aromatic heterocycles. The topological polar surface area (TPSA) is 95.9 Å². The fourth-order valence-corrected chi connectivity index (χ4v) is 3.78. The zero-order chi connectivity index (χ0) is 18.3. The van der Waals surface area contributed by atoms with E-state index in [9.17, 15) is 4.79 Å². The smallest absolute Gasteiger partial charge is 0.340 e. The molecular weight excluding hydrogens is 422 g/mol. The van der Waals surface area contributed by atoms with Gasteiger partial charge in [0.25, 0.3) is 11.8 Å². The molecule has 0 saturated carbocycles. The first-order valence-corrected chi connectivity index (χ1v) is 9.17. The number of aromatic nitrogens is 5. The van der Waals surface area contributed by atoms with E-state index in [1.165, 1.54) is 17.5 Å². The molecule has 0 unspecified atom stereocenters. The molecule has 0 N–H and O–H groups in total. The van der Waals surface area contributed by atoms with E-state index in [-0.39, 0.29) is 12.5 Å². The molecule has 8 nitrogen and oxygen atoms in total. The zero-order valence-electron chi connectivity index (χ0n) is 13.8. The van der Waals surface area contributed by atoms with E-state index < -0.39 is 5.97 Å².